The second-order valence-corrected chi connectivity index (χ2v) is 5.45. The van der Waals surface area contributed by atoms with E-state index in [0.717, 1.165) is 31.7 Å². The molecule has 108 valence electrons. The fourth-order valence-corrected chi connectivity index (χ4v) is 3.26. The number of likely N-dealkylation sites (tertiary alicyclic amines) is 1. The molecule has 20 heavy (non-hydrogen) atoms. The van der Waals surface area contributed by atoms with Crippen LogP contribution in [-0.4, -0.2) is 43.7 Å². The molecule has 1 aromatic carbocycles. The minimum atomic E-state index is -0.0205. The number of hydrogen-bond acceptors (Lipinski definition) is 3. The van der Waals surface area contributed by atoms with Crippen LogP contribution in [0.5, 0.6) is 5.75 Å². The molecular formula is C15H21N3O2. The number of ether oxygens (including phenoxy) is 1. The fourth-order valence-electron chi connectivity index (χ4n) is 3.26. The van der Waals surface area contributed by atoms with Gasteiger partial charge in [-0.1, -0.05) is 12.1 Å². The Kier molecular flexibility index (Phi) is 3.78. The van der Waals surface area contributed by atoms with Gasteiger partial charge in [0.2, 0.25) is 0 Å². The molecule has 2 aliphatic rings. The lowest BCUT2D eigenvalue weighted by Gasteiger charge is -2.37. The van der Waals surface area contributed by atoms with Crippen molar-refractivity contribution < 1.29 is 9.53 Å². The third kappa shape index (κ3) is 2.45. The predicted octanol–water partition coefficient (Wildman–Crippen LogP) is 1.91. The minimum Gasteiger partial charge on any atom is -0.495 e. The van der Waals surface area contributed by atoms with Gasteiger partial charge >= 0.3 is 6.03 Å². The molecule has 0 radical (unpaired) electrons. The van der Waals surface area contributed by atoms with Crippen molar-refractivity contribution in [1.29, 1.82) is 0 Å². The molecule has 0 aliphatic carbocycles. The SMILES string of the molecule is COc1ccccc1NC(=O)N1CCCC2CNCC21. The van der Waals surface area contributed by atoms with Crippen LogP contribution >= 0.6 is 0 Å². The van der Waals surface area contributed by atoms with Crippen molar-refractivity contribution in [1.82, 2.24) is 10.2 Å². The van der Waals surface area contributed by atoms with Crippen LogP contribution in [0, 0.1) is 5.92 Å². The standard InChI is InChI=1S/C15H21N3O2/c1-20-14-7-3-2-6-12(14)17-15(19)18-8-4-5-11-9-16-10-13(11)18/h2-3,6-7,11,13,16H,4-5,8-10H2,1H3,(H,17,19). The van der Waals surface area contributed by atoms with Crippen LogP contribution in [0.4, 0.5) is 10.5 Å². The molecule has 0 saturated carbocycles. The zero-order valence-corrected chi connectivity index (χ0v) is 11.8. The molecule has 0 bridgehead atoms. The highest BCUT2D eigenvalue weighted by molar-refractivity contribution is 5.91. The third-order valence-electron chi connectivity index (χ3n) is 4.29. The zero-order valence-electron chi connectivity index (χ0n) is 11.8. The van der Waals surface area contributed by atoms with Crippen molar-refractivity contribution in [2.75, 3.05) is 32.1 Å². The van der Waals surface area contributed by atoms with Crippen LogP contribution in [-0.2, 0) is 0 Å². The number of nitrogens with zero attached hydrogens (tertiary/aromatic N) is 1. The first-order valence-electron chi connectivity index (χ1n) is 7.21. The molecule has 5 nitrogen and oxygen atoms in total. The van der Waals surface area contributed by atoms with Gasteiger partial charge in [-0.05, 0) is 30.9 Å². The molecule has 2 atom stereocenters. The summed E-state index contributed by atoms with van der Waals surface area (Å²) >= 11 is 0. The Morgan fingerprint density at radius 3 is 3.10 bits per heavy atom. The van der Waals surface area contributed by atoms with Crippen LogP contribution in [0.2, 0.25) is 0 Å². The summed E-state index contributed by atoms with van der Waals surface area (Å²) in [5.74, 6) is 1.30. The van der Waals surface area contributed by atoms with Crippen molar-refractivity contribution >= 4 is 11.7 Å². The predicted molar refractivity (Wildman–Crippen MR) is 78.1 cm³/mol. The number of hydrogen-bond donors (Lipinski definition) is 2. The van der Waals surface area contributed by atoms with Crippen molar-refractivity contribution in [3.63, 3.8) is 0 Å². The highest BCUT2D eigenvalue weighted by atomic mass is 16.5. The summed E-state index contributed by atoms with van der Waals surface area (Å²) < 4.78 is 5.27. The normalized spacial score (nSPS) is 25.1. The highest BCUT2D eigenvalue weighted by Crippen LogP contribution is 2.28. The Morgan fingerprint density at radius 1 is 1.40 bits per heavy atom. The Labute approximate surface area is 119 Å². The van der Waals surface area contributed by atoms with E-state index < -0.39 is 0 Å². The number of rotatable bonds is 2. The molecule has 1 aromatic rings. The Hall–Kier alpha value is -1.75. The van der Waals surface area contributed by atoms with Gasteiger partial charge in [0.1, 0.15) is 5.75 Å². The van der Waals surface area contributed by atoms with Gasteiger partial charge in [0.05, 0.1) is 12.8 Å². The number of piperidine rings is 1. The molecule has 5 heteroatoms. The van der Waals surface area contributed by atoms with Crippen LogP contribution in [0.15, 0.2) is 24.3 Å². The Bertz CT molecular complexity index is 492. The lowest BCUT2D eigenvalue weighted by Crippen LogP contribution is -2.50. The van der Waals surface area contributed by atoms with E-state index in [1.807, 2.05) is 29.2 Å². The number of benzene rings is 1. The zero-order chi connectivity index (χ0) is 13.9. The van der Waals surface area contributed by atoms with Gasteiger partial charge in [0.15, 0.2) is 0 Å². The van der Waals surface area contributed by atoms with Crippen LogP contribution in [0.3, 0.4) is 0 Å². The average Bonchev–Trinajstić information content (AvgIpc) is 2.96. The van der Waals surface area contributed by atoms with Gasteiger partial charge in [-0.3, -0.25) is 0 Å². The van der Waals surface area contributed by atoms with Crippen LogP contribution in [0.25, 0.3) is 0 Å². The highest BCUT2D eigenvalue weighted by Gasteiger charge is 2.37. The molecule has 3 rings (SSSR count). The number of fused-ring (bicyclic) bond motifs is 1. The number of carbonyl (C=O) groups is 1. The van der Waals surface area contributed by atoms with E-state index in [0.29, 0.717) is 17.7 Å². The summed E-state index contributed by atoms with van der Waals surface area (Å²) in [5.41, 5.74) is 0.730. The molecule has 2 aliphatic heterocycles. The van der Waals surface area contributed by atoms with E-state index in [1.165, 1.54) is 6.42 Å². The Balaban J connectivity index is 1.72. The second-order valence-electron chi connectivity index (χ2n) is 5.45. The third-order valence-corrected chi connectivity index (χ3v) is 4.29. The number of anilines is 1. The van der Waals surface area contributed by atoms with Gasteiger partial charge in [-0.25, -0.2) is 4.79 Å². The summed E-state index contributed by atoms with van der Waals surface area (Å²) in [4.78, 5) is 14.5. The first kappa shape index (κ1) is 13.2. The van der Waals surface area contributed by atoms with E-state index >= 15 is 0 Å². The van der Waals surface area contributed by atoms with Crippen LogP contribution in [0.1, 0.15) is 12.8 Å². The molecular weight excluding hydrogens is 254 g/mol. The number of carbonyl (C=O) groups excluding carboxylic acids is 1. The smallest absolute Gasteiger partial charge is 0.322 e. The van der Waals surface area contributed by atoms with E-state index in [9.17, 15) is 4.79 Å². The number of para-hydroxylation sites is 2. The van der Waals surface area contributed by atoms with Gasteiger partial charge in [0.25, 0.3) is 0 Å². The van der Waals surface area contributed by atoms with Crippen molar-refractivity contribution in [2.45, 2.75) is 18.9 Å². The van der Waals surface area contributed by atoms with Gasteiger partial charge in [-0.15, -0.1) is 0 Å². The molecule has 2 N–H and O–H groups in total. The van der Waals surface area contributed by atoms with E-state index in [1.54, 1.807) is 7.11 Å². The summed E-state index contributed by atoms with van der Waals surface area (Å²) in [6, 6.07) is 7.82. The number of nitrogens with one attached hydrogen (secondary N) is 2. The number of urea groups is 1. The largest absolute Gasteiger partial charge is 0.495 e. The maximum absolute atomic E-state index is 12.5. The monoisotopic (exact) mass is 275 g/mol. The van der Waals surface area contributed by atoms with E-state index in [2.05, 4.69) is 10.6 Å². The topological polar surface area (TPSA) is 53.6 Å². The van der Waals surface area contributed by atoms with Crippen molar-refractivity contribution in [3.05, 3.63) is 24.3 Å². The van der Waals surface area contributed by atoms with E-state index in [4.69, 9.17) is 4.74 Å². The average molecular weight is 275 g/mol. The maximum atomic E-state index is 12.5. The number of amides is 2. The lowest BCUT2D eigenvalue weighted by molar-refractivity contribution is 0.147. The minimum absolute atomic E-state index is 0.0205. The first-order chi connectivity index (χ1) is 9.79. The van der Waals surface area contributed by atoms with Gasteiger partial charge in [0, 0.05) is 25.7 Å². The lowest BCUT2D eigenvalue weighted by atomic mass is 9.92. The first-order valence-corrected chi connectivity index (χ1v) is 7.21. The second kappa shape index (κ2) is 5.71. The molecule has 2 heterocycles. The molecule has 2 amide bonds. The van der Waals surface area contributed by atoms with Gasteiger partial charge < -0.3 is 20.3 Å². The molecule has 2 saturated heterocycles. The Morgan fingerprint density at radius 2 is 2.25 bits per heavy atom. The molecule has 0 aromatic heterocycles. The maximum Gasteiger partial charge on any atom is 0.322 e. The molecule has 2 unspecified atom stereocenters. The summed E-state index contributed by atoms with van der Waals surface area (Å²) in [7, 11) is 1.61. The van der Waals surface area contributed by atoms with Gasteiger partial charge in [-0.2, -0.15) is 0 Å². The van der Waals surface area contributed by atoms with Crippen molar-refractivity contribution in [3.8, 4) is 5.75 Å². The van der Waals surface area contributed by atoms with E-state index in [-0.39, 0.29) is 6.03 Å². The summed E-state index contributed by atoms with van der Waals surface area (Å²) in [5, 5.41) is 6.37. The molecule has 0 spiro atoms. The number of methoxy groups -OCH3 is 1. The van der Waals surface area contributed by atoms with Crippen molar-refractivity contribution in [2.24, 2.45) is 5.92 Å². The summed E-state index contributed by atoms with van der Waals surface area (Å²) in [6.07, 6.45) is 2.30. The quantitative estimate of drug-likeness (QED) is 0.867. The fraction of sp³-hybridized carbons (Fsp3) is 0.533. The molecule has 2 fully saturated rings. The van der Waals surface area contributed by atoms with Crippen LogP contribution < -0.4 is 15.4 Å². The summed E-state index contributed by atoms with van der Waals surface area (Å²) in [6.45, 7) is 2.77.